The van der Waals surface area contributed by atoms with Crippen molar-refractivity contribution in [2.24, 2.45) is 5.92 Å². The van der Waals surface area contributed by atoms with Crippen LogP contribution in [0.3, 0.4) is 0 Å². The van der Waals surface area contributed by atoms with Crippen molar-refractivity contribution in [2.75, 3.05) is 13.1 Å². The van der Waals surface area contributed by atoms with Crippen molar-refractivity contribution in [2.45, 2.75) is 38.1 Å². The Kier molecular flexibility index (Phi) is 3.83. The molecule has 3 nitrogen and oxygen atoms in total. The van der Waals surface area contributed by atoms with Gasteiger partial charge < -0.3 is 10.6 Å². The van der Waals surface area contributed by atoms with Gasteiger partial charge in [-0.2, -0.15) is 0 Å². The van der Waals surface area contributed by atoms with Crippen LogP contribution in [0.25, 0.3) is 0 Å². The van der Waals surface area contributed by atoms with Gasteiger partial charge in [0.2, 0.25) is 5.91 Å². The van der Waals surface area contributed by atoms with Crippen molar-refractivity contribution >= 4 is 5.91 Å². The van der Waals surface area contributed by atoms with Crippen LogP contribution in [0.2, 0.25) is 0 Å². The van der Waals surface area contributed by atoms with Crippen LogP contribution >= 0.6 is 0 Å². The third-order valence-electron chi connectivity index (χ3n) is 4.36. The van der Waals surface area contributed by atoms with E-state index in [9.17, 15) is 4.79 Å². The molecule has 2 N–H and O–H groups in total. The molecule has 2 atom stereocenters. The number of benzene rings is 1. The van der Waals surface area contributed by atoms with Gasteiger partial charge in [0.15, 0.2) is 0 Å². The van der Waals surface area contributed by atoms with E-state index < -0.39 is 0 Å². The molecule has 1 heterocycles. The number of piperidine rings is 1. The van der Waals surface area contributed by atoms with Gasteiger partial charge in [0.25, 0.3) is 0 Å². The summed E-state index contributed by atoms with van der Waals surface area (Å²) in [5.41, 5.74) is 2.78. The Morgan fingerprint density at radius 2 is 2.05 bits per heavy atom. The highest BCUT2D eigenvalue weighted by molar-refractivity contribution is 5.79. The molecule has 0 bridgehead atoms. The molecule has 0 saturated carbocycles. The first kappa shape index (κ1) is 12.7. The smallest absolute Gasteiger partial charge is 0.223 e. The topological polar surface area (TPSA) is 41.1 Å². The number of hydrogen-bond acceptors (Lipinski definition) is 2. The van der Waals surface area contributed by atoms with E-state index >= 15 is 0 Å². The van der Waals surface area contributed by atoms with Gasteiger partial charge in [0.1, 0.15) is 0 Å². The average molecular weight is 258 g/mol. The Morgan fingerprint density at radius 3 is 2.84 bits per heavy atom. The third-order valence-corrected chi connectivity index (χ3v) is 4.36. The number of rotatable bonds is 2. The van der Waals surface area contributed by atoms with E-state index in [0.717, 1.165) is 38.8 Å². The highest BCUT2D eigenvalue weighted by Gasteiger charge is 2.26. The molecular weight excluding hydrogens is 236 g/mol. The van der Waals surface area contributed by atoms with Crippen LogP contribution in [0.1, 0.15) is 30.4 Å². The number of aryl methyl sites for hydroxylation is 1. The molecule has 3 heteroatoms. The molecule has 102 valence electrons. The van der Waals surface area contributed by atoms with E-state index in [2.05, 4.69) is 34.9 Å². The predicted molar refractivity (Wildman–Crippen MR) is 76.0 cm³/mol. The Bertz CT molecular complexity index is 452. The van der Waals surface area contributed by atoms with Crippen LogP contribution in [0, 0.1) is 5.92 Å². The van der Waals surface area contributed by atoms with Crippen LogP contribution in [-0.2, 0) is 17.6 Å². The van der Waals surface area contributed by atoms with Crippen molar-refractivity contribution in [1.29, 1.82) is 0 Å². The highest BCUT2D eigenvalue weighted by atomic mass is 16.1. The Morgan fingerprint density at radius 1 is 1.21 bits per heavy atom. The lowest BCUT2D eigenvalue weighted by Gasteiger charge is -2.28. The quantitative estimate of drug-likeness (QED) is 0.847. The zero-order chi connectivity index (χ0) is 13.1. The molecule has 19 heavy (non-hydrogen) atoms. The van der Waals surface area contributed by atoms with Crippen LogP contribution in [-0.4, -0.2) is 25.0 Å². The van der Waals surface area contributed by atoms with Gasteiger partial charge in [-0.25, -0.2) is 0 Å². The monoisotopic (exact) mass is 258 g/mol. The zero-order valence-electron chi connectivity index (χ0n) is 11.3. The summed E-state index contributed by atoms with van der Waals surface area (Å²) < 4.78 is 0. The number of nitrogens with one attached hydrogen (secondary N) is 2. The minimum Gasteiger partial charge on any atom is -0.352 e. The Balaban J connectivity index is 1.59. The predicted octanol–water partition coefficient (Wildman–Crippen LogP) is 1.66. The lowest BCUT2D eigenvalue weighted by atomic mass is 9.83. The molecule has 0 aromatic heterocycles. The molecular formula is C16H22N2O. The second-order valence-electron chi connectivity index (χ2n) is 5.76. The molecule has 1 aromatic rings. The van der Waals surface area contributed by atoms with Crippen LogP contribution in [0.4, 0.5) is 0 Å². The SMILES string of the molecule is O=C(NC1CCCNC1)C1CCc2ccccc2C1. The van der Waals surface area contributed by atoms with Gasteiger partial charge in [-0.05, 0) is 49.8 Å². The first-order valence-corrected chi connectivity index (χ1v) is 7.41. The summed E-state index contributed by atoms with van der Waals surface area (Å²) in [6, 6.07) is 8.85. The molecule has 1 aliphatic carbocycles. The molecule has 1 aromatic carbocycles. The number of hydrogen-bond donors (Lipinski definition) is 2. The Labute approximate surface area is 114 Å². The van der Waals surface area contributed by atoms with Gasteiger partial charge in [0, 0.05) is 18.5 Å². The number of carbonyl (C=O) groups excluding carboxylic acids is 1. The van der Waals surface area contributed by atoms with Gasteiger partial charge in [-0.3, -0.25) is 4.79 Å². The minimum absolute atomic E-state index is 0.164. The Hall–Kier alpha value is -1.35. The highest BCUT2D eigenvalue weighted by Crippen LogP contribution is 2.25. The van der Waals surface area contributed by atoms with Crippen LogP contribution in [0.15, 0.2) is 24.3 Å². The van der Waals surface area contributed by atoms with Crippen molar-refractivity contribution in [3.05, 3.63) is 35.4 Å². The molecule has 1 saturated heterocycles. The van der Waals surface area contributed by atoms with Gasteiger partial charge in [-0.1, -0.05) is 24.3 Å². The molecule has 3 rings (SSSR count). The van der Waals surface area contributed by atoms with Crippen LogP contribution in [0.5, 0.6) is 0 Å². The summed E-state index contributed by atoms with van der Waals surface area (Å²) in [4.78, 5) is 12.3. The van der Waals surface area contributed by atoms with Gasteiger partial charge in [0.05, 0.1) is 0 Å². The van der Waals surface area contributed by atoms with E-state index in [1.165, 1.54) is 17.5 Å². The summed E-state index contributed by atoms with van der Waals surface area (Å²) in [6.07, 6.45) is 5.21. The summed E-state index contributed by atoms with van der Waals surface area (Å²) in [5.74, 6) is 0.417. The maximum atomic E-state index is 12.3. The second kappa shape index (κ2) is 5.74. The summed E-state index contributed by atoms with van der Waals surface area (Å²) in [6.45, 7) is 2.01. The fraction of sp³-hybridized carbons (Fsp3) is 0.562. The van der Waals surface area contributed by atoms with Crippen molar-refractivity contribution < 1.29 is 4.79 Å². The summed E-state index contributed by atoms with van der Waals surface area (Å²) >= 11 is 0. The van der Waals surface area contributed by atoms with Gasteiger partial charge in [-0.15, -0.1) is 0 Å². The lowest BCUT2D eigenvalue weighted by molar-refractivity contribution is -0.126. The molecule has 2 aliphatic rings. The standard InChI is InChI=1S/C16H22N2O/c19-16(18-15-6-3-9-17-11-15)14-8-7-12-4-1-2-5-13(12)10-14/h1-2,4-5,14-15,17H,3,6-11H2,(H,18,19). The number of fused-ring (bicyclic) bond motifs is 1. The summed E-state index contributed by atoms with van der Waals surface area (Å²) in [7, 11) is 0. The van der Waals surface area contributed by atoms with Gasteiger partial charge >= 0.3 is 0 Å². The van der Waals surface area contributed by atoms with E-state index in [1.807, 2.05) is 0 Å². The van der Waals surface area contributed by atoms with E-state index in [-0.39, 0.29) is 11.8 Å². The fourth-order valence-corrected chi connectivity index (χ4v) is 3.22. The largest absolute Gasteiger partial charge is 0.352 e. The molecule has 1 aliphatic heterocycles. The first-order chi connectivity index (χ1) is 9.33. The normalized spacial score (nSPS) is 26.5. The number of amides is 1. The fourth-order valence-electron chi connectivity index (χ4n) is 3.22. The molecule has 1 fully saturated rings. The molecule has 2 unspecified atom stereocenters. The molecule has 0 spiro atoms. The van der Waals surface area contributed by atoms with E-state index in [0.29, 0.717) is 6.04 Å². The van der Waals surface area contributed by atoms with Crippen molar-refractivity contribution in [3.8, 4) is 0 Å². The maximum Gasteiger partial charge on any atom is 0.223 e. The second-order valence-corrected chi connectivity index (χ2v) is 5.76. The summed E-state index contributed by atoms with van der Waals surface area (Å²) in [5, 5.41) is 6.56. The minimum atomic E-state index is 0.164. The van der Waals surface area contributed by atoms with E-state index in [4.69, 9.17) is 0 Å². The maximum absolute atomic E-state index is 12.3. The molecule has 1 amide bonds. The first-order valence-electron chi connectivity index (χ1n) is 7.41. The van der Waals surface area contributed by atoms with Crippen molar-refractivity contribution in [1.82, 2.24) is 10.6 Å². The third kappa shape index (κ3) is 2.98. The van der Waals surface area contributed by atoms with Crippen LogP contribution < -0.4 is 10.6 Å². The lowest BCUT2D eigenvalue weighted by Crippen LogP contribution is -2.48. The number of carbonyl (C=O) groups is 1. The van der Waals surface area contributed by atoms with E-state index in [1.54, 1.807) is 0 Å². The zero-order valence-corrected chi connectivity index (χ0v) is 11.3. The molecule has 0 radical (unpaired) electrons. The van der Waals surface area contributed by atoms with Crippen molar-refractivity contribution in [3.63, 3.8) is 0 Å². The average Bonchev–Trinajstić information content (AvgIpc) is 2.48.